The first-order valence-corrected chi connectivity index (χ1v) is 12.0. The van der Waals surface area contributed by atoms with Crippen molar-refractivity contribution in [2.24, 2.45) is 0 Å². The van der Waals surface area contributed by atoms with Crippen LogP contribution >= 0.6 is 0 Å². The van der Waals surface area contributed by atoms with Gasteiger partial charge < -0.3 is 0 Å². The van der Waals surface area contributed by atoms with Crippen molar-refractivity contribution >= 4 is 31.4 Å². The van der Waals surface area contributed by atoms with E-state index in [-0.39, 0.29) is 4.90 Å². The first-order valence-electron chi connectivity index (χ1n) is 8.65. The summed E-state index contributed by atoms with van der Waals surface area (Å²) >= 11 is 0. The Balaban J connectivity index is 2.47. The van der Waals surface area contributed by atoms with Crippen molar-refractivity contribution in [3.63, 3.8) is 0 Å². The van der Waals surface area contributed by atoms with Gasteiger partial charge in [-0.25, -0.2) is 16.8 Å². The SMILES string of the molecule is CCCc1ccc(NS(=O)(=O)c2c(C)cc(C)c(NS(C)(=O)=O)c2C)cc1. The first-order chi connectivity index (χ1) is 12.4. The van der Waals surface area contributed by atoms with Crippen molar-refractivity contribution < 1.29 is 16.8 Å². The highest BCUT2D eigenvalue weighted by Gasteiger charge is 2.24. The van der Waals surface area contributed by atoms with Gasteiger partial charge in [-0.3, -0.25) is 9.44 Å². The van der Waals surface area contributed by atoms with Crippen LogP contribution in [0.4, 0.5) is 11.4 Å². The van der Waals surface area contributed by atoms with E-state index in [0.717, 1.165) is 24.7 Å². The molecule has 27 heavy (non-hydrogen) atoms. The second-order valence-corrected chi connectivity index (χ2v) is 10.1. The Hall–Kier alpha value is -2.06. The molecule has 0 bridgehead atoms. The zero-order chi connectivity index (χ0) is 20.4. The molecule has 148 valence electrons. The molecule has 0 aliphatic rings. The quantitative estimate of drug-likeness (QED) is 0.727. The van der Waals surface area contributed by atoms with Gasteiger partial charge >= 0.3 is 0 Å². The second-order valence-electron chi connectivity index (χ2n) is 6.77. The van der Waals surface area contributed by atoms with Gasteiger partial charge in [-0.1, -0.05) is 31.5 Å². The average Bonchev–Trinajstić information content (AvgIpc) is 2.52. The highest BCUT2D eigenvalue weighted by molar-refractivity contribution is 7.93. The lowest BCUT2D eigenvalue weighted by Crippen LogP contribution is -2.19. The van der Waals surface area contributed by atoms with Gasteiger partial charge in [0.25, 0.3) is 10.0 Å². The third-order valence-electron chi connectivity index (χ3n) is 4.20. The van der Waals surface area contributed by atoms with Crippen molar-refractivity contribution in [1.29, 1.82) is 0 Å². The molecule has 0 aromatic heterocycles. The summed E-state index contributed by atoms with van der Waals surface area (Å²) in [6.07, 6.45) is 2.99. The molecule has 2 aromatic rings. The maximum atomic E-state index is 13.0. The highest BCUT2D eigenvalue weighted by Crippen LogP contribution is 2.32. The normalized spacial score (nSPS) is 12.0. The van der Waals surface area contributed by atoms with Crippen LogP contribution in [0.5, 0.6) is 0 Å². The van der Waals surface area contributed by atoms with E-state index in [2.05, 4.69) is 16.4 Å². The Labute approximate surface area is 162 Å². The predicted molar refractivity (Wildman–Crippen MR) is 110 cm³/mol. The van der Waals surface area contributed by atoms with Crippen LogP contribution in [0, 0.1) is 20.8 Å². The van der Waals surface area contributed by atoms with Crippen molar-refractivity contribution in [2.75, 3.05) is 15.7 Å². The smallest absolute Gasteiger partial charge is 0.262 e. The minimum atomic E-state index is -3.88. The summed E-state index contributed by atoms with van der Waals surface area (Å²) in [5.74, 6) is 0. The molecule has 0 saturated heterocycles. The van der Waals surface area contributed by atoms with Crippen LogP contribution in [0.15, 0.2) is 35.2 Å². The number of hydrogen-bond donors (Lipinski definition) is 2. The fraction of sp³-hybridized carbons (Fsp3) is 0.368. The molecule has 0 aliphatic carbocycles. The topological polar surface area (TPSA) is 92.3 Å². The van der Waals surface area contributed by atoms with Gasteiger partial charge in [-0.15, -0.1) is 0 Å². The second kappa shape index (κ2) is 7.90. The molecule has 0 amide bonds. The fourth-order valence-electron chi connectivity index (χ4n) is 3.16. The van der Waals surface area contributed by atoms with E-state index in [0.29, 0.717) is 28.1 Å². The van der Waals surface area contributed by atoms with Crippen molar-refractivity contribution in [3.05, 3.63) is 52.6 Å². The zero-order valence-electron chi connectivity index (χ0n) is 16.3. The van der Waals surface area contributed by atoms with Crippen molar-refractivity contribution in [2.45, 2.75) is 45.4 Å². The first kappa shape index (κ1) is 21.2. The number of hydrogen-bond acceptors (Lipinski definition) is 4. The Morgan fingerprint density at radius 3 is 2.00 bits per heavy atom. The van der Waals surface area contributed by atoms with E-state index in [4.69, 9.17) is 0 Å². The number of sulfonamides is 2. The molecule has 8 heteroatoms. The molecular formula is C19H26N2O4S2. The monoisotopic (exact) mass is 410 g/mol. The minimum Gasteiger partial charge on any atom is -0.283 e. The van der Waals surface area contributed by atoms with E-state index in [1.165, 1.54) is 0 Å². The summed E-state index contributed by atoms with van der Waals surface area (Å²) in [5.41, 5.74) is 3.49. The van der Waals surface area contributed by atoms with Crippen LogP contribution in [0.3, 0.4) is 0 Å². The number of nitrogens with one attached hydrogen (secondary N) is 2. The van der Waals surface area contributed by atoms with Crippen LogP contribution in [0.1, 0.15) is 35.6 Å². The molecule has 0 aliphatic heterocycles. The summed E-state index contributed by atoms with van der Waals surface area (Å²) in [6.45, 7) is 7.13. The van der Waals surface area contributed by atoms with Gasteiger partial charge in [-0.2, -0.15) is 0 Å². The van der Waals surface area contributed by atoms with Crippen LogP contribution in [-0.4, -0.2) is 23.1 Å². The lowest BCUT2D eigenvalue weighted by atomic mass is 10.1. The van der Waals surface area contributed by atoms with Gasteiger partial charge in [0.05, 0.1) is 16.8 Å². The van der Waals surface area contributed by atoms with Crippen LogP contribution in [-0.2, 0) is 26.5 Å². The summed E-state index contributed by atoms with van der Waals surface area (Å²) in [6, 6.07) is 8.92. The third-order valence-corrected chi connectivity index (χ3v) is 6.45. The van der Waals surface area contributed by atoms with Gasteiger partial charge in [0.2, 0.25) is 10.0 Å². The maximum Gasteiger partial charge on any atom is 0.262 e. The molecule has 2 aromatic carbocycles. The molecule has 2 rings (SSSR count). The minimum absolute atomic E-state index is 0.0804. The van der Waals surface area contributed by atoms with E-state index in [9.17, 15) is 16.8 Å². The molecular weight excluding hydrogens is 384 g/mol. The summed E-state index contributed by atoms with van der Waals surface area (Å²) in [7, 11) is -7.41. The van der Waals surface area contributed by atoms with Crippen LogP contribution < -0.4 is 9.44 Å². The molecule has 2 N–H and O–H groups in total. The molecule has 0 unspecified atom stereocenters. The lowest BCUT2D eigenvalue weighted by Gasteiger charge is -2.19. The molecule has 0 saturated carbocycles. The van der Waals surface area contributed by atoms with E-state index >= 15 is 0 Å². The Kier molecular flexibility index (Phi) is 6.21. The summed E-state index contributed by atoms with van der Waals surface area (Å²) in [4.78, 5) is 0.0804. The Morgan fingerprint density at radius 2 is 1.48 bits per heavy atom. The van der Waals surface area contributed by atoms with E-state index in [1.807, 2.05) is 12.1 Å². The van der Waals surface area contributed by atoms with Gasteiger partial charge in [0, 0.05) is 5.69 Å². The lowest BCUT2D eigenvalue weighted by molar-refractivity contribution is 0.599. The van der Waals surface area contributed by atoms with Crippen molar-refractivity contribution in [3.8, 4) is 0 Å². The molecule has 6 nitrogen and oxygen atoms in total. The number of anilines is 2. The Morgan fingerprint density at radius 1 is 0.889 bits per heavy atom. The molecule has 0 spiro atoms. The average molecular weight is 411 g/mol. The van der Waals surface area contributed by atoms with Crippen molar-refractivity contribution in [1.82, 2.24) is 0 Å². The number of benzene rings is 2. The molecule has 0 fully saturated rings. The Bertz CT molecular complexity index is 1040. The van der Waals surface area contributed by atoms with Crippen LogP contribution in [0.2, 0.25) is 0 Å². The highest BCUT2D eigenvalue weighted by atomic mass is 32.2. The number of rotatable bonds is 7. The van der Waals surface area contributed by atoms with Gasteiger partial charge in [0.1, 0.15) is 0 Å². The molecule has 0 radical (unpaired) electrons. The van der Waals surface area contributed by atoms with Gasteiger partial charge in [-0.05, 0) is 61.6 Å². The maximum absolute atomic E-state index is 13.0. The number of aryl methyl sites for hydroxylation is 3. The van der Waals surface area contributed by atoms with E-state index in [1.54, 1.807) is 39.0 Å². The molecule has 0 atom stereocenters. The third kappa shape index (κ3) is 5.23. The summed E-state index contributed by atoms with van der Waals surface area (Å²) in [5, 5.41) is 0. The predicted octanol–water partition coefficient (Wildman–Crippen LogP) is 3.74. The van der Waals surface area contributed by atoms with Gasteiger partial charge in [0.15, 0.2) is 0 Å². The fourth-order valence-corrected chi connectivity index (χ4v) is 5.38. The van der Waals surface area contributed by atoms with E-state index < -0.39 is 20.0 Å². The molecule has 0 heterocycles. The standard InChI is InChI=1S/C19H26N2O4S2/c1-6-7-16-8-10-17(11-9-16)20-27(24,25)19-14(3)12-13(2)18(15(19)4)21-26(5,22)23/h8-12,20-21H,6-7H2,1-5H3. The largest absolute Gasteiger partial charge is 0.283 e. The van der Waals surface area contributed by atoms with Crippen LogP contribution in [0.25, 0.3) is 0 Å². The summed E-state index contributed by atoms with van der Waals surface area (Å²) < 4.78 is 54.3. The zero-order valence-corrected chi connectivity index (χ0v) is 17.9.